The van der Waals surface area contributed by atoms with Crippen LogP contribution in [-0.4, -0.2) is 25.1 Å². The van der Waals surface area contributed by atoms with E-state index in [0.717, 1.165) is 16.9 Å². The monoisotopic (exact) mass is 377 g/mol. The summed E-state index contributed by atoms with van der Waals surface area (Å²) in [7, 11) is 3.17. The molecule has 1 heterocycles. The first-order valence-corrected chi connectivity index (χ1v) is 8.88. The Morgan fingerprint density at radius 1 is 0.929 bits per heavy atom. The van der Waals surface area contributed by atoms with Gasteiger partial charge in [-0.1, -0.05) is 23.8 Å². The van der Waals surface area contributed by atoms with Crippen molar-refractivity contribution in [1.82, 2.24) is 10.3 Å². The predicted octanol–water partition coefficient (Wildman–Crippen LogP) is 4.08. The van der Waals surface area contributed by atoms with E-state index in [0.29, 0.717) is 23.7 Å². The minimum atomic E-state index is -0.248. The van der Waals surface area contributed by atoms with E-state index in [1.807, 2.05) is 55.5 Å². The summed E-state index contributed by atoms with van der Waals surface area (Å²) in [5.74, 6) is 1.02. The third kappa shape index (κ3) is 4.79. The van der Waals surface area contributed by atoms with Gasteiger partial charge >= 0.3 is 0 Å². The number of hydrogen-bond donors (Lipinski definition) is 2. The lowest BCUT2D eigenvalue weighted by molar-refractivity contribution is 0.0946. The van der Waals surface area contributed by atoms with E-state index in [1.54, 1.807) is 26.5 Å². The number of anilines is 2. The standard InChI is InChI=1S/C22H23N3O3/c1-15-4-7-17(8-5-15)25-18-10-11-23-19(13-18)22(26)24-14-16-6-9-20(27-2)21(12-16)28-3/h4-13H,14H2,1-3H3,(H,23,25)(H,24,26). The zero-order valence-electron chi connectivity index (χ0n) is 16.2. The first-order chi connectivity index (χ1) is 13.6. The number of hydrogen-bond acceptors (Lipinski definition) is 5. The van der Waals surface area contributed by atoms with Crippen molar-refractivity contribution >= 4 is 17.3 Å². The number of carbonyl (C=O) groups is 1. The zero-order chi connectivity index (χ0) is 19.9. The highest BCUT2D eigenvalue weighted by Crippen LogP contribution is 2.27. The molecule has 144 valence electrons. The number of aromatic nitrogens is 1. The Bertz CT molecular complexity index is 955. The number of ether oxygens (including phenoxy) is 2. The highest BCUT2D eigenvalue weighted by atomic mass is 16.5. The molecule has 2 aromatic carbocycles. The number of benzene rings is 2. The van der Waals surface area contributed by atoms with Crippen LogP contribution in [0.5, 0.6) is 11.5 Å². The van der Waals surface area contributed by atoms with Crippen LogP contribution in [0, 0.1) is 6.92 Å². The van der Waals surface area contributed by atoms with Gasteiger partial charge in [0.05, 0.1) is 14.2 Å². The Labute approximate surface area is 164 Å². The van der Waals surface area contributed by atoms with Gasteiger partial charge in [0.15, 0.2) is 11.5 Å². The number of rotatable bonds is 7. The van der Waals surface area contributed by atoms with Crippen molar-refractivity contribution in [2.24, 2.45) is 0 Å². The van der Waals surface area contributed by atoms with Crippen LogP contribution < -0.4 is 20.1 Å². The summed E-state index contributed by atoms with van der Waals surface area (Å²) >= 11 is 0. The molecule has 0 saturated heterocycles. The molecule has 3 rings (SSSR count). The average molecular weight is 377 g/mol. The van der Waals surface area contributed by atoms with Crippen LogP contribution in [0.1, 0.15) is 21.6 Å². The van der Waals surface area contributed by atoms with Crippen molar-refractivity contribution in [3.8, 4) is 11.5 Å². The van der Waals surface area contributed by atoms with Crippen LogP contribution in [0.15, 0.2) is 60.8 Å². The van der Waals surface area contributed by atoms with E-state index >= 15 is 0 Å². The number of amides is 1. The van der Waals surface area contributed by atoms with Crippen molar-refractivity contribution in [2.75, 3.05) is 19.5 Å². The molecule has 0 aliphatic heterocycles. The van der Waals surface area contributed by atoms with Crippen molar-refractivity contribution < 1.29 is 14.3 Å². The number of carbonyl (C=O) groups excluding carboxylic acids is 1. The Hall–Kier alpha value is -3.54. The zero-order valence-corrected chi connectivity index (χ0v) is 16.2. The van der Waals surface area contributed by atoms with Gasteiger partial charge in [-0.05, 0) is 48.9 Å². The molecule has 0 atom stereocenters. The van der Waals surface area contributed by atoms with E-state index in [-0.39, 0.29) is 5.91 Å². The maximum atomic E-state index is 12.5. The topological polar surface area (TPSA) is 72.5 Å². The van der Waals surface area contributed by atoms with Gasteiger partial charge in [-0.25, -0.2) is 0 Å². The van der Waals surface area contributed by atoms with Gasteiger partial charge < -0.3 is 20.1 Å². The summed E-state index contributed by atoms with van der Waals surface area (Å²) < 4.78 is 10.5. The quantitative estimate of drug-likeness (QED) is 0.649. The molecular formula is C22H23N3O3. The normalized spacial score (nSPS) is 10.2. The van der Waals surface area contributed by atoms with Gasteiger partial charge in [-0.15, -0.1) is 0 Å². The van der Waals surface area contributed by atoms with Gasteiger partial charge in [0.1, 0.15) is 5.69 Å². The second-order valence-corrected chi connectivity index (χ2v) is 6.29. The maximum Gasteiger partial charge on any atom is 0.270 e. The summed E-state index contributed by atoms with van der Waals surface area (Å²) in [5, 5.41) is 6.15. The van der Waals surface area contributed by atoms with Gasteiger partial charge in [0.2, 0.25) is 0 Å². The Morgan fingerprint density at radius 3 is 2.39 bits per heavy atom. The Balaban J connectivity index is 1.65. The lowest BCUT2D eigenvalue weighted by Gasteiger charge is -2.11. The second-order valence-electron chi connectivity index (χ2n) is 6.29. The molecule has 0 radical (unpaired) electrons. The van der Waals surface area contributed by atoms with Gasteiger partial charge in [-0.3, -0.25) is 9.78 Å². The van der Waals surface area contributed by atoms with Crippen LogP contribution >= 0.6 is 0 Å². The van der Waals surface area contributed by atoms with Gasteiger partial charge in [-0.2, -0.15) is 0 Å². The van der Waals surface area contributed by atoms with E-state index in [2.05, 4.69) is 15.6 Å². The van der Waals surface area contributed by atoms with Crippen LogP contribution in [0.2, 0.25) is 0 Å². The first kappa shape index (κ1) is 19.2. The summed E-state index contributed by atoms with van der Waals surface area (Å²) in [6, 6.07) is 17.1. The fourth-order valence-corrected chi connectivity index (χ4v) is 2.70. The van der Waals surface area contributed by atoms with Crippen LogP contribution in [0.4, 0.5) is 11.4 Å². The first-order valence-electron chi connectivity index (χ1n) is 8.88. The third-order valence-electron chi connectivity index (χ3n) is 4.23. The highest BCUT2D eigenvalue weighted by molar-refractivity contribution is 5.93. The molecule has 2 N–H and O–H groups in total. The number of nitrogens with zero attached hydrogens (tertiary/aromatic N) is 1. The predicted molar refractivity (Wildman–Crippen MR) is 109 cm³/mol. The number of aryl methyl sites for hydroxylation is 1. The second kappa shape index (κ2) is 8.90. The highest BCUT2D eigenvalue weighted by Gasteiger charge is 2.10. The lowest BCUT2D eigenvalue weighted by atomic mass is 10.2. The van der Waals surface area contributed by atoms with Crippen molar-refractivity contribution in [3.63, 3.8) is 0 Å². The molecule has 6 nitrogen and oxygen atoms in total. The molecule has 0 unspecified atom stereocenters. The third-order valence-corrected chi connectivity index (χ3v) is 4.23. The molecule has 3 aromatic rings. The SMILES string of the molecule is COc1ccc(CNC(=O)c2cc(Nc3ccc(C)cc3)ccn2)cc1OC. The number of nitrogens with one attached hydrogen (secondary N) is 2. The van der Waals surface area contributed by atoms with Crippen molar-refractivity contribution in [3.05, 3.63) is 77.6 Å². The minimum absolute atomic E-state index is 0.248. The van der Waals surface area contributed by atoms with E-state index < -0.39 is 0 Å². The molecular weight excluding hydrogens is 354 g/mol. The van der Waals surface area contributed by atoms with E-state index in [1.165, 1.54) is 5.56 Å². The maximum absolute atomic E-state index is 12.5. The smallest absolute Gasteiger partial charge is 0.270 e. The van der Waals surface area contributed by atoms with Gasteiger partial charge in [0.25, 0.3) is 5.91 Å². The van der Waals surface area contributed by atoms with Gasteiger partial charge in [0, 0.05) is 24.1 Å². The molecule has 1 aromatic heterocycles. The molecule has 0 bridgehead atoms. The van der Waals surface area contributed by atoms with Crippen LogP contribution in [-0.2, 0) is 6.54 Å². The molecule has 6 heteroatoms. The average Bonchev–Trinajstić information content (AvgIpc) is 2.73. The van der Waals surface area contributed by atoms with Crippen molar-refractivity contribution in [1.29, 1.82) is 0 Å². The Kier molecular flexibility index (Phi) is 6.11. The summed E-state index contributed by atoms with van der Waals surface area (Å²) in [6.07, 6.45) is 1.61. The summed E-state index contributed by atoms with van der Waals surface area (Å²) in [6.45, 7) is 2.40. The van der Waals surface area contributed by atoms with E-state index in [4.69, 9.17) is 9.47 Å². The fourth-order valence-electron chi connectivity index (χ4n) is 2.70. The van der Waals surface area contributed by atoms with Crippen LogP contribution in [0.3, 0.4) is 0 Å². The molecule has 28 heavy (non-hydrogen) atoms. The largest absolute Gasteiger partial charge is 0.493 e. The molecule has 0 saturated carbocycles. The Morgan fingerprint density at radius 2 is 1.68 bits per heavy atom. The summed E-state index contributed by atoms with van der Waals surface area (Å²) in [4.78, 5) is 16.7. The molecule has 0 spiro atoms. The number of methoxy groups -OCH3 is 2. The fraction of sp³-hybridized carbons (Fsp3) is 0.182. The van der Waals surface area contributed by atoms with Crippen molar-refractivity contribution in [2.45, 2.75) is 13.5 Å². The molecule has 1 amide bonds. The molecule has 0 fully saturated rings. The van der Waals surface area contributed by atoms with E-state index in [9.17, 15) is 4.79 Å². The minimum Gasteiger partial charge on any atom is -0.493 e. The molecule has 0 aliphatic carbocycles. The molecule has 0 aliphatic rings. The lowest BCUT2D eigenvalue weighted by Crippen LogP contribution is -2.23. The summed E-state index contributed by atoms with van der Waals surface area (Å²) in [5.41, 5.74) is 4.19. The number of pyridine rings is 1. The van der Waals surface area contributed by atoms with Crippen LogP contribution in [0.25, 0.3) is 0 Å².